The maximum absolute atomic E-state index is 14.9. The number of hydrogen-bond acceptors (Lipinski definition) is 6. The smallest absolute Gasteiger partial charge is 0.178 e. The summed E-state index contributed by atoms with van der Waals surface area (Å²) in [5.41, 5.74) is 9.52. The Kier molecular flexibility index (Phi) is 8.32. The minimum atomic E-state index is -0.235. The topological polar surface area (TPSA) is 98.4 Å². The zero-order chi connectivity index (χ0) is 32.5. The van der Waals surface area contributed by atoms with Gasteiger partial charge in [0.1, 0.15) is 11.5 Å². The van der Waals surface area contributed by atoms with Crippen molar-refractivity contribution in [3.63, 3.8) is 0 Å². The first-order chi connectivity index (χ1) is 22.7. The lowest BCUT2D eigenvalue weighted by atomic mass is 9.91. The summed E-state index contributed by atoms with van der Waals surface area (Å²) in [4.78, 5) is 19.8. The molecule has 6 aromatic rings. The Morgan fingerprint density at radius 1 is 1.00 bits per heavy atom. The van der Waals surface area contributed by atoms with Crippen LogP contribution in [-0.2, 0) is 6.42 Å². The Bertz CT molecular complexity index is 2060. The fourth-order valence-corrected chi connectivity index (χ4v) is 6.66. The van der Waals surface area contributed by atoms with Crippen molar-refractivity contribution in [3.8, 4) is 33.8 Å². The molecule has 9 heteroatoms. The lowest BCUT2D eigenvalue weighted by molar-refractivity contribution is 0.334. The van der Waals surface area contributed by atoms with Crippen molar-refractivity contribution in [1.29, 1.82) is 0 Å². The average molecular weight is 629 g/mol. The van der Waals surface area contributed by atoms with Crippen LogP contribution in [0.5, 0.6) is 0 Å². The van der Waals surface area contributed by atoms with E-state index in [1.54, 1.807) is 18.3 Å². The summed E-state index contributed by atoms with van der Waals surface area (Å²) in [6.45, 7) is 14.2. The van der Waals surface area contributed by atoms with Crippen molar-refractivity contribution in [2.75, 3.05) is 25.0 Å². The Labute approximate surface area is 274 Å². The third kappa shape index (κ3) is 6.95. The molecule has 0 atom stereocenters. The normalized spacial score (nSPS) is 14.0. The Balaban J connectivity index is 1.17. The Hall–Kier alpha value is -4.89. The van der Waals surface area contributed by atoms with Gasteiger partial charge in [0.25, 0.3) is 0 Å². The Morgan fingerprint density at radius 3 is 2.68 bits per heavy atom. The fraction of sp³-hybridized carbons (Fsp3) is 0.316. The molecule has 5 heterocycles. The number of aromatic amines is 2. The minimum absolute atomic E-state index is 0.137. The van der Waals surface area contributed by atoms with Crippen LogP contribution in [0.2, 0.25) is 0 Å². The van der Waals surface area contributed by atoms with Crippen LogP contribution >= 0.6 is 0 Å². The summed E-state index contributed by atoms with van der Waals surface area (Å²) < 4.78 is 14.9. The molecule has 0 saturated carbocycles. The summed E-state index contributed by atoms with van der Waals surface area (Å²) in [7, 11) is 0. The molecule has 47 heavy (non-hydrogen) atoms. The van der Waals surface area contributed by atoms with Crippen LogP contribution in [0.1, 0.15) is 52.0 Å². The number of anilines is 1. The SMILES string of the molecule is C=C(CC(C)(C)C)Nc1cncc(-c2ccc3[nH]nc(-c4nc5nccc(-c6cc(F)cc(CCCN7CCCC7)c6)c5[nH]4)c3c2)c1. The van der Waals surface area contributed by atoms with E-state index in [-0.39, 0.29) is 11.2 Å². The van der Waals surface area contributed by atoms with E-state index < -0.39 is 0 Å². The molecule has 1 aliphatic heterocycles. The van der Waals surface area contributed by atoms with E-state index in [1.165, 1.54) is 25.9 Å². The molecule has 240 valence electrons. The number of hydrogen-bond donors (Lipinski definition) is 3. The zero-order valence-corrected chi connectivity index (χ0v) is 27.3. The van der Waals surface area contributed by atoms with Gasteiger partial charge >= 0.3 is 0 Å². The van der Waals surface area contributed by atoms with Gasteiger partial charge < -0.3 is 15.2 Å². The van der Waals surface area contributed by atoms with Gasteiger partial charge in [0.2, 0.25) is 0 Å². The molecule has 3 N–H and O–H groups in total. The molecule has 1 saturated heterocycles. The third-order valence-corrected chi connectivity index (χ3v) is 8.72. The van der Waals surface area contributed by atoms with Crippen molar-refractivity contribution >= 4 is 27.8 Å². The molecule has 7 rings (SSSR count). The van der Waals surface area contributed by atoms with Gasteiger partial charge in [-0.05, 0) is 110 Å². The van der Waals surface area contributed by atoms with Gasteiger partial charge in [0.15, 0.2) is 11.5 Å². The summed E-state index contributed by atoms with van der Waals surface area (Å²) in [5, 5.41) is 12.1. The number of halogens is 1. The minimum Gasteiger partial charge on any atom is -0.358 e. The number of pyridine rings is 2. The van der Waals surface area contributed by atoms with Gasteiger partial charge in [0.05, 0.1) is 22.9 Å². The number of imidazole rings is 1. The molecule has 2 aromatic carbocycles. The highest BCUT2D eigenvalue weighted by Gasteiger charge is 2.18. The van der Waals surface area contributed by atoms with Crippen molar-refractivity contribution in [2.24, 2.45) is 5.41 Å². The average Bonchev–Trinajstić information content (AvgIpc) is 3.79. The molecule has 0 bridgehead atoms. The second-order valence-electron chi connectivity index (χ2n) is 13.9. The van der Waals surface area contributed by atoms with Gasteiger partial charge in [-0.15, -0.1) is 0 Å². The van der Waals surface area contributed by atoms with Crippen molar-refractivity contribution in [2.45, 2.75) is 52.9 Å². The van der Waals surface area contributed by atoms with Crippen LogP contribution < -0.4 is 5.32 Å². The molecular formula is C38H41FN8. The van der Waals surface area contributed by atoms with Crippen LogP contribution in [0.15, 0.2) is 79.4 Å². The van der Waals surface area contributed by atoms with Crippen LogP contribution in [0.3, 0.4) is 0 Å². The number of fused-ring (bicyclic) bond motifs is 2. The monoisotopic (exact) mass is 628 g/mol. The number of likely N-dealkylation sites (tertiary alicyclic amines) is 1. The van der Waals surface area contributed by atoms with E-state index in [0.29, 0.717) is 17.2 Å². The molecule has 1 fully saturated rings. The highest BCUT2D eigenvalue weighted by molar-refractivity contribution is 5.97. The first-order valence-corrected chi connectivity index (χ1v) is 16.4. The van der Waals surface area contributed by atoms with E-state index in [1.807, 2.05) is 24.5 Å². The number of aryl methyl sites for hydroxylation is 1. The van der Waals surface area contributed by atoms with Gasteiger partial charge in [-0.3, -0.25) is 10.1 Å². The molecule has 1 aliphatic rings. The van der Waals surface area contributed by atoms with Crippen LogP contribution in [-0.4, -0.2) is 54.7 Å². The van der Waals surface area contributed by atoms with E-state index >= 15 is 0 Å². The third-order valence-electron chi connectivity index (χ3n) is 8.72. The molecule has 0 radical (unpaired) electrons. The quantitative estimate of drug-likeness (QED) is 0.140. The van der Waals surface area contributed by atoms with E-state index in [4.69, 9.17) is 4.98 Å². The molecule has 0 unspecified atom stereocenters. The number of benzene rings is 2. The molecule has 0 amide bonds. The largest absolute Gasteiger partial charge is 0.358 e. The second kappa shape index (κ2) is 12.7. The molecule has 0 spiro atoms. The number of nitrogens with one attached hydrogen (secondary N) is 3. The highest BCUT2D eigenvalue weighted by Crippen LogP contribution is 2.34. The summed E-state index contributed by atoms with van der Waals surface area (Å²) in [5.74, 6) is 0.360. The lowest BCUT2D eigenvalue weighted by Gasteiger charge is -2.20. The van der Waals surface area contributed by atoms with Gasteiger partial charge in [-0.25, -0.2) is 14.4 Å². The van der Waals surface area contributed by atoms with Crippen molar-refractivity contribution in [1.82, 2.24) is 35.0 Å². The van der Waals surface area contributed by atoms with Gasteiger partial charge in [-0.1, -0.05) is 39.5 Å². The molecule has 8 nitrogen and oxygen atoms in total. The summed E-state index contributed by atoms with van der Waals surface area (Å²) in [6.07, 6.45) is 10.7. The predicted molar refractivity (Wildman–Crippen MR) is 188 cm³/mol. The lowest BCUT2D eigenvalue weighted by Crippen LogP contribution is -2.20. The number of aromatic nitrogens is 6. The number of rotatable bonds is 10. The van der Waals surface area contributed by atoms with Crippen molar-refractivity contribution in [3.05, 3.63) is 90.8 Å². The molecular weight excluding hydrogens is 587 g/mol. The number of H-pyrrole nitrogens is 2. The van der Waals surface area contributed by atoms with E-state index in [2.05, 4.69) is 87.0 Å². The van der Waals surface area contributed by atoms with Crippen LogP contribution in [0.25, 0.3) is 55.8 Å². The maximum atomic E-state index is 14.9. The summed E-state index contributed by atoms with van der Waals surface area (Å²) >= 11 is 0. The summed E-state index contributed by atoms with van der Waals surface area (Å²) in [6, 6.07) is 15.5. The number of nitrogens with zero attached hydrogens (tertiary/aromatic N) is 5. The fourth-order valence-electron chi connectivity index (χ4n) is 6.66. The first kappa shape index (κ1) is 30.7. The standard InChI is InChI=1S/C38H41FN8/c1-24(21-38(2,3)4)42-30-19-28(22-40-23-30)26-9-10-33-32(20-26)35(46-45-33)37-43-34-31(11-12-41-36(34)44-37)27-16-25(17-29(39)18-27)8-7-15-47-13-5-6-14-47/h9-12,16-20,22-23,42H,1,5-8,13-15,21H2,2-4H3,(H,45,46)(H,41,43,44). The highest BCUT2D eigenvalue weighted by atomic mass is 19.1. The van der Waals surface area contributed by atoms with Gasteiger partial charge in [0, 0.05) is 34.6 Å². The molecule has 0 aliphatic carbocycles. The molecule has 4 aromatic heterocycles. The van der Waals surface area contributed by atoms with Crippen LogP contribution in [0.4, 0.5) is 10.1 Å². The maximum Gasteiger partial charge on any atom is 0.178 e. The Morgan fingerprint density at radius 2 is 1.85 bits per heavy atom. The van der Waals surface area contributed by atoms with E-state index in [0.717, 1.165) is 81.4 Å². The first-order valence-electron chi connectivity index (χ1n) is 16.4. The van der Waals surface area contributed by atoms with Crippen LogP contribution in [0, 0.1) is 11.2 Å². The number of allylic oxidation sites excluding steroid dienone is 1. The van der Waals surface area contributed by atoms with Crippen molar-refractivity contribution < 1.29 is 4.39 Å². The van der Waals surface area contributed by atoms with Gasteiger partial charge in [-0.2, -0.15) is 5.10 Å². The zero-order valence-electron chi connectivity index (χ0n) is 27.3. The predicted octanol–water partition coefficient (Wildman–Crippen LogP) is 8.76. The van der Waals surface area contributed by atoms with E-state index in [9.17, 15) is 4.39 Å². The second-order valence-corrected chi connectivity index (χ2v) is 13.9.